The molecule has 0 radical (unpaired) electrons. The van der Waals surface area contributed by atoms with Gasteiger partial charge in [0.15, 0.2) is 5.11 Å². The second-order valence-corrected chi connectivity index (χ2v) is 8.18. The SMILES string of the molecule is COC(=O)c1c(NC(=S)Nc2ccc(C(=O)OC(C)C)cc2)sc2c1CCC2. The predicted molar refractivity (Wildman–Crippen MR) is 115 cm³/mol. The van der Waals surface area contributed by atoms with Crippen molar-refractivity contribution in [2.45, 2.75) is 39.2 Å². The van der Waals surface area contributed by atoms with E-state index < -0.39 is 0 Å². The Hall–Kier alpha value is -2.45. The number of hydrogen-bond donors (Lipinski definition) is 2. The fraction of sp³-hybridized carbons (Fsp3) is 0.350. The number of methoxy groups -OCH3 is 1. The summed E-state index contributed by atoms with van der Waals surface area (Å²) in [5, 5.41) is 7.25. The van der Waals surface area contributed by atoms with Crippen LogP contribution in [0.1, 0.15) is 51.4 Å². The van der Waals surface area contributed by atoms with Crippen LogP contribution in [-0.4, -0.2) is 30.3 Å². The Morgan fingerprint density at radius 3 is 2.46 bits per heavy atom. The van der Waals surface area contributed by atoms with E-state index in [0.717, 1.165) is 30.5 Å². The molecule has 0 fully saturated rings. The number of aryl methyl sites for hydroxylation is 1. The maximum atomic E-state index is 12.2. The molecule has 0 aliphatic heterocycles. The Morgan fingerprint density at radius 1 is 1.11 bits per heavy atom. The summed E-state index contributed by atoms with van der Waals surface area (Å²) in [6, 6.07) is 6.85. The maximum Gasteiger partial charge on any atom is 0.341 e. The highest BCUT2D eigenvalue weighted by molar-refractivity contribution is 7.80. The standard InChI is InChI=1S/C20H22N2O4S2/c1-11(2)26-18(23)12-7-9-13(10-8-12)21-20(27)22-17-16(19(24)25-3)14-5-4-6-15(14)28-17/h7-11H,4-6H2,1-3H3,(H2,21,22,27). The van der Waals surface area contributed by atoms with Crippen LogP contribution in [0.4, 0.5) is 10.7 Å². The van der Waals surface area contributed by atoms with E-state index in [1.54, 1.807) is 49.4 Å². The van der Waals surface area contributed by atoms with Crippen molar-refractivity contribution in [1.29, 1.82) is 0 Å². The Morgan fingerprint density at radius 2 is 1.82 bits per heavy atom. The van der Waals surface area contributed by atoms with Crippen molar-refractivity contribution in [3.8, 4) is 0 Å². The summed E-state index contributed by atoms with van der Waals surface area (Å²) < 4.78 is 10.1. The molecule has 1 aliphatic carbocycles. The highest BCUT2D eigenvalue weighted by Gasteiger charge is 2.27. The summed E-state index contributed by atoms with van der Waals surface area (Å²) in [6.45, 7) is 3.61. The van der Waals surface area contributed by atoms with Crippen molar-refractivity contribution < 1.29 is 19.1 Å². The van der Waals surface area contributed by atoms with Crippen LogP contribution >= 0.6 is 23.6 Å². The first-order valence-electron chi connectivity index (χ1n) is 9.01. The lowest BCUT2D eigenvalue weighted by Crippen LogP contribution is -2.20. The Labute approximate surface area is 173 Å². The third-order valence-corrected chi connectivity index (χ3v) is 5.67. The zero-order valence-corrected chi connectivity index (χ0v) is 17.6. The number of rotatable bonds is 5. The molecule has 8 heteroatoms. The number of thiocarbonyl (C=S) groups is 1. The molecule has 0 amide bonds. The Kier molecular flexibility index (Phi) is 6.31. The van der Waals surface area contributed by atoms with Gasteiger partial charge in [0, 0.05) is 10.6 Å². The second kappa shape index (κ2) is 8.70. The molecule has 148 valence electrons. The van der Waals surface area contributed by atoms with Crippen LogP contribution in [0, 0.1) is 0 Å². The number of esters is 2. The van der Waals surface area contributed by atoms with E-state index in [9.17, 15) is 9.59 Å². The zero-order chi connectivity index (χ0) is 20.3. The Balaban J connectivity index is 1.68. The first-order valence-corrected chi connectivity index (χ1v) is 10.2. The predicted octanol–water partition coefficient (Wildman–Crippen LogP) is 4.40. The van der Waals surface area contributed by atoms with Gasteiger partial charge in [-0.2, -0.15) is 0 Å². The van der Waals surface area contributed by atoms with Gasteiger partial charge in [0.1, 0.15) is 5.00 Å². The minimum absolute atomic E-state index is 0.168. The number of ether oxygens (including phenoxy) is 2. The van der Waals surface area contributed by atoms with E-state index in [4.69, 9.17) is 21.7 Å². The summed E-state index contributed by atoms with van der Waals surface area (Å²) in [5.41, 5.74) is 2.84. The lowest BCUT2D eigenvalue weighted by molar-refractivity contribution is 0.0377. The third kappa shape index (κ3) is 4.51. The third-order valence-electron chi connectivity index (χ3n) is 4.26. The number of fused-ring (bicyclic) bond motifs is 1. The second-order valence-electron chi connectivity index (χ2n) is 6.66. The molecule has 0 atom stereocenters. The van der Waals surface area contributed by atoms with Crippen molar-refractivity contribution in [3.63, 3.8) is 0 Å². The number of anilines is 2. The molecule has 2 aromatic rings. The summed E-state index contributed by atoms with van der Waals surface area (Å²) in [4.78, 5) is 25.3. The highest BCUT2D eigenvalue weighted by Crippen LogP contribution is 2.39. The topological polar surface area (TPSA) is 76.7 Å². The smallest absolute Gasteiger partial charge is 0.341 e. The average molecular weight is 419 g/mol. The summed E-state index contributed by atoms with van der Waals surface area (Å²) in [7, 11) is 1.38. The lowest BCUT2D eigenvalue weighted by atomic mass is 10.1. The van der Waals surface area contributed by atoms with Crippen molar-refractivity contribution in [3.05, 3.63) is 45.8 Å². The van der Waals surface area contributed by atoms with E-state index in [-0.39, 0.29) is 18.0 Å². The van der Waals surface area contributed by atoms with Gasteiger partial charge >= 0.3 is 11.9 Å². The molecule has 0 spiro atoms. The fourth-order valence-electron chi connectivity index (χ4n) is 3.05. The van der Waals surface area contributed by atoms with Gasteiger partial charge < -0.3 is 20.1 Å². The highest BCUT2D eigenvalue weighted by atomic mass is 32.1. The van der Waals surface area contributed by atoms with Gasteiger partial charge in [0.2, 0.25) is 0 Å². The van der Waals surface area contributed by atoms with E-state index in [1.807, 2.05) is 0 Å². The van der Waals surface area contributed by atoms with Gasteiger partial charge in [-0.3, -0.25) is 0 Å². The number of nitrogens with one attached hydrogen (secondary N) is 2. The van der Waals surface area contributed by atoms with Gasteiger partial charge in [0.25, 0.3) is 0 Å². The lowest BCUT2D eigenvalue weighted by Gasteiger charge is -2.12. The van der Waals surface area contributed by atoms with Crippen LogP contribution in [0.5, 0.6) is 0 Å². The molecule has 1 aromatic carbocycles. The molecule has 2 N–H and O–H groups in total. The van der Waals surface area contributed by atoms with Crippen molar-refractivity contribution in [1.82, 2.24) is 0 Å². The maximum absolute atomic E-state index is 12.2. The van der Waals surface area contributed by atoms with Gasteiger partial charge in [0.05, 0.1) is 24.3 Å². The van der Waals surface area contributed by atoms with Crippen LogP contribution in [0.15, 0.2) is 24.3 Å². The zero-order valence-electron chi connectivity index (χ0n) is 16.0. The van der Waals surface area contributed by atoms with Gasteiger partial charge in [-0.15, -0.1) is 11.3 Å². The summed E-state index contributed by atoms with van der Waals surface area (Å²) >= 11 is 6.93. The minimum Gasteiger partial charge on any atom is -0.465 e. The molecule has 28 heavy (non-hydrogen) atoms. The van der Waals surface area contributed by atoms with Crippen molar-refractivity contribution >= 4 is 51.3 Å². The molecular formula is C20H22N2O4S2. The first-order chi connectivity index (χ1) is 13.4. The van der Waals surface area contributed by atoms with E-state index in [1.165, 1.54) is 12.0 Å². The molecule has 3 rings (SSSR count). The number of carbonyl (C=O) groups excluding carboxylic acids is 2. The van der Waals surface area contributed by atoms with E-state index in [2.05, 4.69) is 10.6 Å². The molecular weight excluding hydrogens is 396 g/mol. The molecule has 0 saturated carbocycles. The van der Waals surface area contributed by atoms with Crippen LogP contribution in [0.2, 0.25) is 0 Å². The van der Waals surface area contributed by atoms with E-state index >= 15 is 0 Å². The Bertz CT molecular complexity index is 904. The van der Waals surface area contributed by atoms with Gasteiger partial charge in [-0.25, -0.2) is 9.59 Å². The van der Waals surface area contributed by atoms with Crippen LogP contribution in [0.25, 0.3) is 0 Å². The number of hydrogen-bond acceptors (Lipinski definition) is 6. The minimum atomic E-state index is -0.363. The molecule has 6 nitrogen and oxygen atoms in total. The number of benzene rings is 1. The first kappa shape index (κ1) is 20.3. The van der Waals surface area contributed by atoms with Crippen LogP contribution in [0.3, 0.4) is 0 Å². The fourth-order valence-corrected chi connectivity index (χ4v) is 4.61. The largest absolute Gasteiger partial charge is 0.465 e. The molecule has 1 heterocycles. The molecule has 1 aliphatic rings. The van der Waals surface area contributed by atoms with Crippen LogP contribution in [-0.2, 0) is 22.3 Å². The normalized spacial score (nSPS) is 12.4. The van der Waals surface area contributed by atoms with E-state index in [0.29, 0.717) is 21.2 Å². The number of thiophene rings is 1. The number of carbonyl (C=O) groups is 2. The molecule has 0 bridgehead atoms. The monoisotopic (exact) mass is 418 g/mol. The summed E-state index contributed by atoms with van der Waals surface area (Å²) in [5.74, 6) is -0.712. The average Bonchev–Trinajstić information content (AvgIpc) is 3.21. The van der Waals surface area contributed by atoms with Crippen molar-refractivity contribution in [2.75, 3.05) is 17.7 Å². The molecule has 0 unspecified atom stereocenters. The van der Waals surface area contributed by atoms with Gasteiger partial charge in [-0.1, -0.05) is 0 Å². The molecule has 1 aromatic heterocycles. The van der Waals surface area contributed by atoms with Gasteiger partial charge in [-0.05, 0) is 75.2 Å². The molecule has 0 saturated heterocycles. The van der Waals surface area contributed by atoms with Crippen molar-refractivity contribution in [2.24, 2.45) is 0 Å². The van der Waals surface area contributed by atoms with Crippen LogP contribution < -0.4 is 10.6 Å². The summed E-state index contributed by atoms with van der Waals surface area (Å²) in [6.07, 6.45) is 2.74. The quantitative estimate of drug-likeness (QED) is 0.551.